The Morgan fingerprint density at radius 3 is 2.71 bits per heavy atom. The zero-order valence-corrected chi connectivity index (χ0v) is 9.80. The van der Waals surface area contributed by atoms with Crippen molar-refractivity contribution in [3.63, 3.8) is 0 Å². The summed E-state index contributed by atoms with van der Waals surface area (Å²) in [6, 6.07) is 8.73. The Labute approximate surface area is 99.5 Å². The third-order valence-electron chi connectivity index (χ3n) is 2.60. The molecule has 1 heterocycles. The summed E-state index contributed by atoms with van der Waals surface area (Å²) < 4.78 is 1.85. The lowest BCUT2D eigenvalue weighted by molar-refractivity contribution is -0.255. The summed E-state index contributed by atoms with van der Waals surface area (Å²) >= 11 is 0. The maximum Gasteiger partial charge on any atom is 0.0715 e. The van der Waals surface area contributed by atoms with Crippen molar-refractivity contribution in [3.05, 3.63) is 52.8 Å². The van der Waals surface area contributed by atoms with Gasteiger partial charge in [-0.25, -0.2) is 0 Å². The van der Waals surface area contributed by atoms with Crippen LogP contribution in [0, 0.1) is 13.8 Å². The molecule has 0 spiro atoms. The average molecular weight is 229 g/mol. The zero-order valence-electron chi connectivity index (χ0n) is 9.80. The molecule has 0 saturated heterocycles. The van der Waals surface area contributed by atoms with Gasteiger partial charge >= 0.3 is 0 Å². The molecule has 0 fully saturated rings. The molecule has 2 aromatic rings. The van der Waals surface area contributed by atoms with Crippen molar-refractivity contribution in [2.75, 3.05) is 0 Å². The Kier molecular flexibility index (Phi) is 2.95. The maximum absolute atomic E-state index is 10.7. The summed E-state index contributed by atoms with van der Waals surface area (Å²) in [7, 11) is 0. The Balaban J connectivity index is 2.27. The molecule has 17 heavy (non-hydrogen) atoms. The number of carbonyl (C=O) groups excluding carboxylic acids is 1. The second-order valence-electron chi connectivity index (χ2n) is 4.07. The van der Waals surface area contributed by atoms with E-state index >= 15 is 0 Å². The van der Waals surface area contributed by atoms with Crippen LogP contribution in [0.25, 0.3) is 0 Å². The summed E-state index contributed by atoms with van der Waals surface area (Å²) in [4.78, 5) is 10.7. The van der Waals surface area contributed by atoms with Gasteiger partial charge in [0.05, 0.1) is 18.2 Å². The summed E-state index contributed by atoms with van der Waals surface area (Å²) in [5.74, 6) is -1.15. The molecule has 0 N–H and O–H groups in total. The Bertz CT molecular complexity index is 558. The van der Waals surface area contributed by atoms with Crippen molar-refractivity contribution < 1.29 is 9.90 Å². The minimum absolute atomic E-state index is 0.198. The van der Waals surface area contributed by atoms with Crippen molar-refractivity contribution in [2.24, 2.45) is 0 Å². The van der Waals surface area contributed by atoms with Crippen molar-refractivity contribution in [3.8, 4) is 0 Å². The Morgan fingerprint density at radius 1 is 1.35 bits per heavy atom. The van der Waals surface area contributed by atoms with Gasteiger partial charge in [-0.3, -0.25) is 4.68 Å². The van der Waals surface area contributed by atoms with E-state index in [1.54, 1.807) is 12.1 Å². The molecular formula is C13H13N2O2-. The molecule has 0 bridgehead atoms. The lowest BCUT2D eigenvalue weighted by Crippen LogP contribution is -2.22. The van der Waals surface area contributed by atoms with Crippen LogP contribution in [0.3, 0.4) is 0 Å². The molecule has 4 nitrogen and oxygen atoms in total. The van der Waals surface area contributed by atoms with E-state index in [-0.39, 0.29) is 5.56 Å². The highest BCUT2D eigenvalue weighted by Gasteiger charge is 2.03. The molecule has 4 heteroatoms. The van der Waals surface area contributed by atoms with E-state index in [1.165, 1.54) is 6.07 Å². The van der Waals surface area contributed by atoms with Crippen LogP contribution in [0.4, 0.5) is 0 Å². The van der Waals surface area contributed by atoms with Gasteiger partial charge in [-0.2, -0.15) is 5.10 Å². The number of carboxylic acid groups (broad SMARTS) is 1. The molecule has 0 atom stereocenters. The highest BCUT2D eigenvalue weighted by molar-refractivity contribution is 5.85. The van der Waals surface area contributed by atoms with Crippen LogP contribution >= 0.6 is 0 Å². The van der Waals surface area contributed by atoms with E-state index in [4.69, 9.17) is 0 Å². The first kappa shape index (κ1) is 11.4. The largest absolute Gasteiger partial charge is 0.545 e. The van der Waals surface area contributed by atoms with Gasteiger partial charge in [0, 0.05) is 5.69 Å². The van der Waals surface area contributed by atoms with E-state index in [0.29, 0.717) is 6.54 Å². The molecule has 0 unspecified atom stereocenters. The number of hydrogen-bond acceptors (Lipinski definition) is 3. The van der Waals surface area contributed by atoms with E-state index in [9.17, 15) is 9.90 Å². The van der Waals surface area contributed by atoms with Crippen LogP contribution in [-0.4, -0.2) is 15.7 Å². The monoisotopic (exact) mass is 229 g/mol. The first-order valence-corrected chi connectivity index (χ1v) is 5.37. The van der Waals surface area contributed by atoms with E-state index in [1.807, 2.05) is 30.7 Å². The number of hydrogen-bond donors (Lipinski definition) is 0. The predicted molar refractivity (Wildman–Crippen MR) is 61.6 cm³/mol. The normalized spacial score (nSPS) is 10.5. The lowest BCUT2D eigenvalue weighted by Gasteiger charge is -2.07. The second kappa shape index (κ2) is 4.41. The SMILES string of the molecule is Cc1cc(C)n(Cc2cccc(C(=O)[O-])c2)n1. The second-order valence-corrected chi connectivity index (χ2v) is 4.07. The van der Waals surface area contributed by atoms with Crippen molar-refractivity contribution in [1.29, 1.82) is 0 Å². The van der Waals surface area contributed by atoms with Crippen LogP contribution in [-0.2, 0) is 6.54 Å². The van der Waals surface area contributed by atoms with Crippen LogP contribution in [0.1, 0.15) is 27.3 Å². The average Bonchev–Trinajstić information content (AvgIpc) is 2.58. The van der Waals surface area contributed by atoms with Gasteiger partial charge in [-0.15, -0.1) is 0 Å². The number of carbonyl (C=O) groups is 1. The molecule has 2 rings (SSSR count). The molecule has 88 valence electrons. The molecule has 0 saturated carbocycles. The predicted octanol–water partition coefficient (Wildman–Crippen LogP) is 0.912. The fourth-order valence-corrected chi connectivity index (χ4v) is 1.80. The number of benzene rings is 1. The molecule has 1 aromatic carbocycles. The first-order chi connectivity index (χ1) is 8.06. The number of aryl methyl sites for hydroxylation is 2. The summed E-state index contributed by atoms with van der Waals surface area (Å²) in [5, 5.41) is 15.1. The van der Waals surface area contributed by atoms with E-state index in [0.717, 1.165) is 17.0 Å². The maximum atomic E-state index is 10.7. The van der Waals surface area contributed by atoms with Crippen LogP contribution in [0.2, 0.25) is 0 Å². The van der Waals surface area contributed by atoms with Gasteiger partial charge in [-0.05, 0) is 37.1 Å². The zero-order chi connectivity index (χ0) is 12.4. The number of aromatic nitrogens is 2. The van der Waals surface area contributed by atoms with E-state index in [2.05, 4.69) is 5.10 Å². The summed E-state index contributed by atoms with van der Waals surface area (Å²) in [5.41, 5.74) is 3.11. The minimum Gasteiger partial charge on any atom is -0.545 e. The van der Waals surface area contributed by atoms with Crippen molar-refractivity contribution >= 4 is 5.97 Å². The van der Waals surface area contributed by atoms with Crippen LogP contribution < -0.4 is 5.11 Å². The topological polar surface area (TPSA) is 58.0 Å². The van der Waals surface area contributed by atoms with Gasteiger partial charge < -0.3 is 9.90 Å². The van der Waals surface area contributed by atoms with Crippen LogP contribution in [0.5, 0.6) is 0 Å². The first-order valence-electron chi connectivity index (χ1n) is 5.37. The highest BCUT2D eigenvalue weighted by atomic mass is 16.4. The molecule has 0 aliphatic heterocycles. The third kappa shape index (κ3) is 2.53. The minimum atomic E-state index is -1.15. The van der Waals surface area contributed by atoms with Gasteiger partial charge in [0.2, 0.25) is 0 Å². The van der Waals surface area contributed by atoms with Gasteiger partial charge in [-0.1, -0.05) is 18.2 Å². The Hall–Kier alpha value is -2.10. The fraction of sp³-hybridized carbons (Fsp3) is 0.231. The molecule has 1 aromatic heterocycles. The third-order valence-corrected chi connectivity index (χ3v) is 2.60. The number of nitrogens with zero attached hydrogens (tertiary/aromatic N) is 2. The fourth-order valence-electron chi connectivity index (χ4n) is 1.80. The summed E-state index contributed by atoms with van der Waals surface area (Å²) in [6.07, 6.45) is 0. The Morgan fingerprint density at radius 2 is 2.12 bits per heavy atom. The molecule has 0 aliphatic carbocycles. The number of rotatable bonds is 3. The highest BCUT2D eigenvalue weighted by Crippen LogP contribution is 2.09. The number of aromatic carboxylic acids is 1. The smallest absolute Gasteiger partial charge is 0.0715 e. The van der Waals surface area contributed by atoms with Gasteiger partial charge in [0.15, 0.2) is 0 Å². The molecule has 0 amide bonds. The number of carboxylic acids is 1. The quantitative estimate of drug-likeness (QED) is 0.786. The molecule has 0 aliphatic rings. The van der Waals surface area contributed by atoms with E-state index < -0.39 is 5.97 Å². The molecule has 0 radical (unpaired) electrons. The van der Waals surface area contributed by atoms with Gasteiger partial charge in [0.25, 0.3) is 0 Å². The van der Waals surface area contributed by atoms with Crippen LogP contribution in [0.15, 0.2) is 30.3 Å². The van der Waals surface area contributed by atoms with Crippen molar-refractivity contribution in [1.82, 2.24) is 9.78 Å². The lowest BCUT2D eigenvalue weighted by atomic mass is 10.1. The summed E-state index contributed by atoms with van der Waals surface area (Å²) in [6.45, 7) is 4.48. The van der Waals surface area contributed by atoms with Gasteiger partial charge in [0.1, 0.15) is 0 Å². The van der Waals surface area contributed by atoms with Crippen molar-refractivity contribution in [2.45, 2.75) is 20.4 Å². The standard InChI is InChI=1S/C13H14N2O2/c1-9-6-10(2)15(14-9)8-11-4-3-5-12(7-11)13(16)17/h3-7H,8H2,1-2H3,(H,16,17)/p-1. The molecular weight excluding hydrogens is 216 g/mol.